The molecule has 0 aliphatic carbocycles. The summed E-state index contributed by atoms with van der Waals surface area (Å²) in [5, 5.41) is 7.98. The maximum atomic E-state index is 11.3. The molecule has 0 fully saturated rings. The first kappa shape index (κ1) is 26.4. The number of benzene rings is 1. The van der Waals surface area contributed by atoms with Crippen LogP contribution in [-0.4, -0.2) is 39.3 Å². The molecule has 0 saturated carbocycles. The largest absolute Gasteiger partial charge is 0.388 e. The van der Waals surface area contributed by atoms with Gasteiger partial charge in [0.25, 0.3) is 0 Å². The summed E-state index contributed by atoms with van der Waals surface area (Å²) in [5.41, 5.74) is 6.66. The van der Waals surface area contributed by atoms with E-state index in [9.17, 15) is 4.21 Å². The Morgan fingerprint density at radius 2 is 1.97 bits per heavy atom. The smallest absolute Gasteiger partial charge is 0.129 e. The van der Waals surface area contributed by atoms with Gasteiger partial charge in [-0.05, 0) is 72.9 Å². The Bertz CT molecular complexity index is 1250. The number of pyridine rings is 2. The lowest BCUT2D eigenvalue weighted by atomic mass is 10.00. The predicted octanol–water partition coefficient (Wildman–Crippen LogP) is 6.17. The van der Waals surface area contributed by atoms with E-state index in [0.29, 0.717) is 18.8 Å². The summed E-state index contributed by atoms with van der Waals surface area (Å²) in [7, 11) is -0.786. The number of rotatable bonds is 12. The van der Waals surface area contributed by atoms with E-state index < -0.39 is 10.8 Å². The SMILES string of the molecule is CCC/C=C/C(=C\C=C(/C)NCCS(C)=O)CNc1nccc(-c2ccc3ncccc3c2)c1C. The molecule has 184 valence electrons. The van der Waals surface area contributed by atoms with E-state index in [-0.39, 0.29) is 0 Å². The Kier molecular flexibility index (Phi) is 10.2. The third kappa shape index (κ3) is 8.18. The third-order valence-electron chi connectivity index (χ3n) is 5.71. The molecule has 0 bridgehead atoms. The van der Waals surface area contributed by atoms with Crippen LogP contribution in [0.3, 0.4) is 0 Å². The van der Waals surface area contributed by atoms with Crippen molar-refractivity contribution >= 4 is 27.5 Å². The Hall–Kier alpha value is -3.25. The highest BCUT2D eigenvalue weighted by atomic mass is 32.2. The maximum absolute atomic E-state index is 11.3. The number of hydrogen-bond acceptors (Lipinski definition) is 5. The zero-order chi connectivity index (χ0) is 25.0. The van der Waals surface area contributed by atoms with Crippen LogP contribution in [0.4, 0.5) is 5.82 Å². The van der Waals surface area contributed by atoms with Crippen LogP contribution < -0.4 is 10.6 Å². The van der Waals surface area contributed by atoms with Gasteiger partial charge in [0.15, 0.2) is 0 Å². The number of hydrogen-bond donors (Lipinski definition) is 2. The van der Waals surface area contributed by atoms with Crippen molar-refractivity contribution in [1.29, 1.82) is 0 Å². The molecule has 1 atom stereocenters. The van der Waals surface area contributed by atoms with E-state index in [1.807, 2.05) is 25.4 Å². The molecule has 0 aliphatic heterocycles. The van der Waals surface area contributed by atoms with Crippen molar-refractivity contribution in [2.24, 2.45) is 0 Å². The van der Waals surface area contributed by atoms with Gasteiger partial charge in [0.05, 0.1) is 5.52 Å². The molecule has 0 aliphatic rings. The van der Waals surface area contributed by atoms with Crippen LogP contribution in [0.25, 0.3) is 22.0 Å². The van der Waals surface area contributed by atoms with Crippen LogP contribution >= 0.6 is 0 Å². The number of fused-ring (bicyclic) bond motifs is 1. The molecular formula is C29H36N4OS. The van der Waals surface area contributed by atoms with Crippen LogP contribution in [0.5, 0.6) is 0 Å². The molecular weight excluding hydrogens is 452 g/mol. The van der Waals surface area contributed by atoms with E-state index in [2.05, 4.69) is 89.1 Å². The highest BCUT2D eigenvalue weighted by Gasteiger charge is 2.09. The van der Waals surface area contributed by atoms with Crippen LogP contribution in [0, 0.1) is 6.92 Å². The summed E-state index contributed by atoms with van der Waals surface area (Å²) >= 11 is 0. The number of nitrogens with zero attached hydrogens (tertiary/aromatic N) is 2. The van der Waals surface area contributed by atoms with Gasteiger partial charge in [0.1, 0.15) is 5.82 Å². The monoisotopic (exact) mass is 488 g/mol. The summed E-state index contributed by atoms with van der Waals surface area (Å²) in [5.74, 6) is 1.53. The third-order valence-corrected chi connectivity index (χ3v) is 6.49. The molecule has 1 aromatic carbocycles. The van der Waals surface area contributed by atoms with Gasteiger partial charge < -0.3 is 10.6 Å². The molecule has 0 saturated heterocycles. The van der Waals surface area contributed by atoms with Crippen molar-refractivity contribution < 1.29 is 4.21 Å². The van der Waals surface area contributed by atoms with E-state index in [1.165, 1.54) is 5.57 Å². The fraction of sp³-hybridized carbons (Fsp3) is 0.310. The lowest BCUT2D eigenvalue weighted by Crippen LogP contribution is -2.18. The second-order valence-electron chi connectivity index (χ2n) is 8.58. The van der Waals surface area contributed by atoms with Crippen LogP contribution in [0.2, 0.25) is 0 Å². The maximum Gasteiger partial charge on any atom is 0.129 e. The lowest BCUT2D eigenvalue weighted by molar-refractivity contribution is 0.684. The van der Waals surface area contributed by atoms with Crippen molar-refractivity contribution in [1.82, 2.24) is 15.3 Å². The normalized spacial score (nSPS) is 13.4. The molecule has 3 aromatic rings. The standard InChI is InChI=1S/C29H36N4OS/c1-5-6-7-9-24(12-11-22(2)30-18-19-35(4)34)21-33-29-23(3)27(15-17-32-29)25-13-14-28-26(20-25)10-8-16-31-28/h7-17,20,30H,5-6,18-19,21H2,1-4H3,(H,32,33)/b9-7+,22-11+,24-12+. The highest BCUT2D eigenvalue weighted by molar-refractivity contribution is 7.84. The Morgan fingerprint density at radius 1 is 1.11 bits per heavy atom. The fourth-order valence-electron chi connectivity index (χ4n) is 3.71. The average molecular weight is 489 g/mol. The Labute approximate surface area is 211 Å². The topological polar surface area (TPSA) is 66.9 Å². The van der Waals surface area contributed by atoms with Crippen molar-refractivity contribution in [2.75, 3.05) is 30.4 Å². The van der Waals surface area contributed by atoms with Gasteiger partial charge in [-0.1, -0.05) is 43.7 Å². The summed E-state index contributed by atoms with van der Waals surface area (Å²) in [6, 6.07) is 12.5. The van der Waals surface area contributed by atoms with Crippen molar-refractivity contribution in [2.45, 2.75) is 33.6 Å². The van der Waals surface area contributed by atoms with E-state index in [1.54, 1.807) is 6.26 Å². The molecule has 0 spiro atoms. The second kappa shape index (κ2) is 13.6. The number of anilines is 1. The minimum absolute atomic E-state index is 0.648. The molecule has 2 N–H and O–H groups in total. The Balaban J connectivity index is 1.76. The zero-order valence-electron chi connectivity index (χ0n) is 21.2. The summed E-state index contributed by atoms with van der Waals surface area (Å²) < 4.78 is 11.3. The van der Waals surface area contributed by atoms with Gasteiger partial charge >= 0.3 is 0 Å². The van der Waals surface area contributed by atoms with E-state index in [0.717, 1.165) is 51.9 Å². The zero-order valence-corrected chi connectivity index (χ0v) is 22.0. The van der Waals surface area contributed by atoms with E-state index in [4.69, 9.17) is 0 Å². The van der Waals surface area contributed by atoms with Crippen molar-refractivity contribution in [3.8, 4) is 11.1 Å². The molecule has 35 heavy (non-hydrogen) atoms. The lowest BCUT2D eigenvalue weighted by Gasteiger charge is -2.13. The molecule has 1 unspecified atom stereocenters. The van der Waals surface area contributed by atoms with Gasteiger partial charge in [-0.2, -0.15) is 0 Å². The number of unbranched alkanes of at least 4 members (excludes halogenated alkanes) is 1. The second-order valence-corrected chi connectivity index (χ2v) is 10.1. The minimum atomic E-state index is -0.786. The molecule has 5 nitrogen and oxygen atoms in total. The summed E-state index contributed by atoms with van der Waals surface area (Å²) in [6.07, 6.45) is 16.2. The first-order chi connectivity index (χ1) is 17.0. The van der Waals surface area contributed by atoms with Crippen LogP contribution in [0.1, 0.15) is 32.3 Å². The molecule has 0 amide bonds. The van der Waals surface area contributed by atoms with Gasteiger partial charge in [0.2, 0.25) is 0 Å². The highest BCUT2D eigenvalue weighted by Crippen LogP contribution is 2.29. The predicted molar refractivity (Wildman–Crippen MR) is 151 cm³/mol. The molecule has 3 rings (SSSR count). The number of aromatic nitrogens is 2. The molecule has 2 heterocycles. The van der Waals surface area contributed by atoms with Crippen LogP contribution in [-0.2, 0) is 10.8 Å². The summed E-state index contributed by atoms with van der Waals surface area (Å²) in [6.45, 7) is 7.70. The first-order valence-electron chi connectivity index (χ1n) is 12.1. The quantitative estimate of drug-likeness (QED) is 0.298. The average Bonchev–Trinajstić information content (AvgIpc) is 2.85. The Morgan fingerprint density at radius 3 is 2.77 bits per heavy atom. The fourth-order valence-corrected chi connectivity index (χ4v) is 4.10. The first-order valence-corrected chi connectivity index (χ1v) is 13.8. The van der Waals surface area contributed by atoms with Gasteiger partial charge in [-0.15, -0.1) is 0 Å². The molecule has 0 radical (unpaired) electrons. The van der Waals surface area contributed by atoms with E-state index >= 15 is 0 Å². The minimum Gasteiger partial charge on any atom is -0.388 e. The molecule has 2 aromatic heterocycles. The van der Waals surface area contributed by atoms with Gasteiger partial charge in [0, 0.05) is 59.4 Å². The molecule has 6 heteroatoms. The summed E-state index contributed by atoms with van der Waals surface area (Å²) in [4.78, 5) is 9.05. The van der Waals surface area contributed by atoms with Crippen molar-refractivity contribution in [3.05, 3.63) is 89.9 Å². The van der Waals surface area contributed by atoms with Gasteiger partial charge in [-0.3, -0.25) is 9.19 Å². The number of nitrogens with one attached hydrogen (secondary N) is 2. The van der Waals surface area contributed by atoms with Crippen molar-refractivity contribution in [3.63, 3.8) is 0 Å². The van der Waals surface area contributed by atoms with Crippen LogP contribution in [0.15, 0.2) is 84.4 Å². The van der Waals surface area contributed by atoms with Gasteiger partial charge in [-0.25, -0.2) is 4.98 Å². The number of allylic oxidation sites excluding steroid dienone is 4.